The van der Waals surface area contributed by atoms with E-state index in [2.05, 4.69) is 17.0 Å². The van der Waals surface area contributed by atoms with Gasteiger partial charge in [0, 0.05) is 37.3 Å². The van der Waals surface area contributed by atoms with Crippen molar-refractivity contribution in [1.82, 2.24) is 24.6 Å². The second kappa shape index (κ2) is 7.79. The van der Waals surface area contributed by atoms with Gasteiger partial charge in [0.25, 0.3) is 5.56 Å². The number of nitrogens with zero attached hydrogens (tertiary/aromatic N) is 4. The molecule has 0 unspecified atom stereocenters. The Morgan fingerprint density at radius 2 is 2.00 bits per heavy atom. The zero-order valence-electron chi connectivity index (χ0n) is 17.3. The molecule has 1 aromatic carbocycles. The van der Waals surface area contributed by atoms with Gasteiger partial charge in [-0.3, -0.25) is 14.0 Å². The fourth-order valence-corrected chi connectivity index (χ4v) is 3.94. The lowest BCUT2D eigenvalue weighted by Gasteiger charge is -2.22. The van der Waals surface area contributed by atoms with Gasteiger partial charge in [-0.2, -0.15) is 5.10 Å². The van der Waals surface area contributed by atoms with Crippen molar-refractivity contribution in [2.24, 2.45) is 20.0 Å². The third-order valence-electron chi connectivity index (χ3n) is 5.69. The standard InChI is InChI=1S/C23H27N5O/c1-15(17-7-9-24-10-8-17)5-6-21-25-20(13-22(29)28(21)4)18-11-16(2)23-19(12-18)14-27(3)26-23/h5-6,11-14,17,24H,1,7-10H2,2-4H3/b6-5-. The van der Waals surface area contributed by atoms with Gasteiger partial charge in [-0.05, 0) is 62.5 Å². The zero-order chi connectivity index (χ0) is 20.5. The Bertz CT molecular complexity index is 1160. The first-order chi connectivity index (χ1) is 13.9. The van der Waals surface area contributed by atoms with E-state index in [0.29, 0.717) is 17.4 Å². The maximum atomic E-state index is 12.6. The van der Waals surface area contributed by atoms with Crippen LogP contribution >= 0.6 is 0 Å². The Labute approximate surface area is 170 Å². The summed E-state index contributed by atoms with van der Waals surface area (Å²) >= 11 is 0. The number of benzene rings is 1. The summed E-state index contributed by atoms with van der Waals surface area (Å²) in [4.78, 5) is 17.3. The number of hydrogen-bond acceptors (Lipinski definition) is 4. The van der Waals surface area contributed by atoms with Gasteiger partial charge in [0.15, 0.2) is 0 Å². The van der Waals surface area contributed by atoms with Crippen LogP contribution in [-0.2, 0) is 14.1 Å². The van der Waals surface area contributed by atoms with Crippen molar-refractivity contribution in [3.05, 3.63) is 64.4 Å². The molecule has 6 heteroatoms. The predicted octanol–water partition coefficient (Wildman–Crippen LogP) is 3.21. The van der Waals surface area contributed by atoms with Crippen molar-refractivity contribution in [2.75, 3.05) is 13.1 Å². The van der Waals surface area contributed by atoms with Gasteiger partial charge in [-0.1, -0.05) is 18.2 Å². The van der Waals surface area contributed by atoms with Crippen LogP contribution in [0.1, 0.15) is 24.2 Å². The van der Waals surface area contributed by atoms with Crippen molar-refractivity contribution in [2.45, 2.75) is 19.8 Å². The topological polar surface area (TPSA) is 64.7 Å². The third kappa shape index (κ3) is 3.93. The molecule has 2 aromatic heterocycles. The zero-order valence-corrected chi connectivity index (χ0v) is 17.3. The normalized spacial score (nSPS) is 15.4. The molecule has 0 spiro atoms. The van der Waals surface area contributed by atoms with Gasteiger partial charge in [-0.25, -0.2) is 4.98 Å². The number of allylic oxidation sites excluding steroid dienone is 2. The van der Waals surface area contributed by atoms with E-state index in [4.69, 9.17) is 4.98 Å². The first-order valence-corrected chi connectivity index (χ1v) is 10.0. The third-order valence-corrected chi connectivity index (χ3v) is 5.69. The summed E-state index contributed by atoms with van der Waals surface area (Å²) in [7, 11) is 3.66. The van der Waals surface area contributed by atoms with E-state index in [1.165, 1.54) is 0 Å². The average molecular weight is 390 g/mol. The summed E-state index contributed by atoms with van der Waals surface area (Å²) < 4.78 is 3.38. The second-order valence-corrected chi connectivity index (χ2v) is 7.86. The van der Waals surface area contributed by atoms with Crippen LogP contribution in [0.25, 0.3) is 28.2 Å². The van der Waals surface area contributed by atoms with Crippen molar-refractivity contribution in [3.8, 4) is 11.3 Å². The van der Waals surface area contributed by atoms with E-state index in [1.807, 2.05) is 44.5 Å². The van der Waals surface area contributed by atoms with Crippen LogP contribution in [0.5, 0.6) is 0 Å². The Kier molecular flexibility index (Phi) is 5.20. The molecular weight excluding hydrogens is 362 g/mol. The van der Waals surface area contributed by atoms with E-state index in [0.717, 1.165) is 53.5 Å². The van der Waals surface area contributed by atoms with Gasteiger partial charge in [0.2, 0.25) is 0 Å². The fraction of sp³-hybridized carbons (Fsp3) is 0.348. The highest BCUT2D eigenvalue weighted by Gasteiger charge is 2.15. The summed E-state index contributed by atoms with van der Waals surface area (Å²) in [6, 6.07) is 5.67. The van der Waals surface area contributed by atoms with E-state index >= 15 is 0 Å². The number of aromatic nitrogens is 4. The highest BCUT2D eigenvalue weighted by molar-refractivity contribution is 5.86. The molecule has 1 N–H and O–H groups in total. The van der Waals surface area contributed by atoms with Crippen LogP contribution in [0.15, 0.2) is 47.4 Å². The summed E-state index contributed by atoms with van der Waals surface area (Å²) in [5, 5.41) is 8.91. The smallest absolute Gasteiger partial charge is 0.254 e. The number of nitrogens with one attached hydrogen (secondary N) is 1. The molecule has 1 aliphatic rings. The Balaban J connectivity index is 1.69. The Morgan fingerprint density at radius 3 is 2.76 bits per heavy atom. The minimum Gasteiger partial charge on any atom is -0.317 e. The highest BCUT2D eigenvalue weighted by Crippen LogP contribution is 2.26. The fourth-order valence-electron chi connectivity index (χ4n) is 3.94. The first-order valence-electron chi connectivity index (χ1n) is 10.0. The molecule has 1 fully saturated rings. The molecular formula is C23H27N5O. The summed E-state index contributed by atoms with van der Waals surface area (Å²) in [5.74, 6) is 1.12. The number of rotatable bonds is 4. The van der Waals surface area contributed by atoms with Gasteiger partial charge in [0.1, 0.15) is 5.82 Å². The van der Waals surface area contributed by atoms with Gasteiger partial charge in [0.05, 0.1) is 11.2 Å². The lowest BCUT2D eigenvalue weighted by molar-refractivity contribution is 0.426. The monoisotopic (exact) mass is 389 g/mol. The van der Waals surface area contributed by atoms with E-state index < -0.39 is 0 Å². The van der Waals surface area contributed by atoms with Gasteiger partial charge in [-0.15, -0.1) is 0 Å². The molecule has 6 nitrogen and oxygen atoms in total. The minimum absolute atomic E-state index is 0.0777. The van der Waals surface area contributed by atoms with Crippen LogP contribution in [0, 0.1) is 12.8 Å². The molecule has 0 aliphatic carbocycles. The molecule has 29 heavy (non-hydrogen) atoms. The molecule has 0 bridgehead atoms. The van der Waals surface area contributed by atoms with Crippen molar-refractivity contribution < 1.29 is 0 Å². The maximum Gasteiger partial charge on any atom is 0.254 e. The molecule has 0 saturated carbocycles. The molecule has 3 aromatic rings. The molecule has 3 heterocycles. The lowest BCUT2D eigenvalue weighted by Crippen LogP contribution is -2.28. The number of fused-ring (bicyclic) bond motifs is 1. The lowest BCUT2D eigenvalue weighted by atomic mass is 9.90. The van der Waals surface area contributed by atoms with Crippen LogP contribution in [-0.4, -0.2) is 32.4 Å². The molecule has 0 amide bonds. The van der Waals surface area contributed by atoms with E-state index in [1.54, 1.807) is 22.4 Å². The van der Waals surface area contributed by atoms with Gasteiger partial charge < -0.3 is 5.32 Å². The molecule has 150 valence electrons. The van der Waals surface area contributed by atoms with E-state index in [9.17, 15) is 4.79 Å². The SMILES string of the molecule is C=C(/C=C\c1nc(-c2cc(C)c3nn(C)cc3c2)cc(=O)n1C)C1CCNCC1. The van der Waals surface area contributed by atoms with Crippen LogP contribution in [0.4, 0.5) is 0 Å². The van der Waals surface area contributed by atoms with Crippen molar-refractivity contribution in [3.63, 3.8) is 0 Å². The largest absolute Gasteiger partial charge is 0.317 e. The number of piperidine rings is 1. The molecule has 0 atom stereocenters. The second-order valence-electron chi connectivity index (χ2n) is 7.86. The Hall–Kier alpha value is -2.99. The molecule has 4 rings (SSSR count). The molecule has 1 saturated heterocycles. The van der Waals surface area contributed by atoms with Gasteiger partial charge >= 0.3 is 0 Å². The maximum absolute atomic E-state index is 12.6. The predicted molar refractivity (Wildman–Crippen MR) is 118 cm³/mol. The average Bonchev–Trinajstić information content (AvgIpc) is 3.10. The van der Waals surface area contributed by atoms with Crippen molar-refractivity contribution in [1.29, 1.82) is 0 Å². The van der Waals surface area contributed by atoms with Crippen LogP contribution < -0.4 is 10.9 Å². The molecule has 1 aliphatic heterocycles. The van der Waals surface area contributed by atoms with E-state index in [-0.39, 0.29) is 5.56 Å². The first kappa shape index (κ1) is 19.3. The van der Waals surface area contributed by atoms with Crippen molar-refractivity contribution >= 4 is 17.0 Å². The number of aryl methyl sites for hydroxylation is 2. The highest BCUT2D eigenvalue weighted by atomic mass is 16.1. The van der Waals surface area contributed by atoms with Crippen LogP contribution in [0.2, 0.25) is 0 Å². The summed E-state index contributed by atoms with van der Waals surface area (Å²) in [6.07, 6.45) is 8.10. The summed E-state index contributed by atoms with van der Waals surface area (Å²) in [6.45, 7) is 8.32. The number of hydrogen-bond donors (Lipinski definition) is 1. The summed E-state index contributed by atoms with van der Waals surface area (Å²) in [5.41, 5.74) is 4.65. The quantitative estimate of drug-likeness (QED) is 0.696. The Morgan fingerprint density at radius 1 is 1.24 bits per heavy atom. The van der Waals surface area contributed by atoms with Crippen LogP contribution in [0.3, 0.4) is 0 Å². The molecule has 0 radical (unpaired) electrons. The minimum atomic E-state index is -0.0777.